The second-order valence-electron chi connectivity index (χ2n) is 6.85. The Kier molecular flexibility index (Phi) is 9.47. The van der Waals surface area contributed by atoms with E-state index in [9.17, 15) is 9.59 Å². The first-order valence-electron chi connectivity index (χ1n) is 9.58. The maximum absolute atomic E-state index is 13.2. The molecule has 0 aliphatic heterocycles. The van der Waals surface area contributed by atoms with Crippen LogP contribution in [0, 0.1) is 0 Å². The molecule has 156 valence electrons. The lowest BCUT2D eigenvalue weighted by Gasteiger charge is -2.29. The van der Waals surface area contributed by atoms with Crippen molar-refractivity contribution < 1.29 is 9.59 Å². The lowest BCUT2D eigenvalue weighted by molar-refractivity contribution is -0.140. The van der Waals surface area contributed by atoms with Crippen molar-refractivity contribution in [3.05, 3.63) is 68.1 Å². The summed E-state index contributed by atoms with van der Waals surface area (Å²) in [5.74, 6) is -0.379. The highest BCUT2D eigenvalue weighted by atomic mass is 79.9. The van der Waals surface area contributed by atoms with Crippen LogP contribution in [-0.2, 0) is 22.6 Å². The first-order chi connectivity index (χ1) is 13.8. The summed E-state index contributed by atoms with van der Waals surface area (Å²) in [5, 5.41) is 3.79. The van der Waals surface area contributed by atoms with Gasteiger partial charge in [0.05, 0.1) is 6.42 Å². The molecule has 0 spiro atoms. The number of amides is 2. The molecule has 0 saturated carbocycles. The van der Waals surface area contributed by atoms with Gasteiger partial charge in [-0.05, 0) is 48.7 Å². The fourth-order valence-electron chi connectivity index (χ4n) is 2.86. The molecule has 0 bridgehead atoms. The molecular formula is C22H25BrCl2N2O2. The zero-order valence-corrected chi connectivity index (χ0v) is 19.6. The highest BCUT2D eigenvalue weighted by Crippen LogP contribution is 2.26. The van der Waals surface area contributed by atoms with Gasteiger partial charge in [0.2, 0.25) is 11.8 Å². The Hall–Kier alpha value is -1.56. The van der Waals surface area contributed by atoms with E-state index in [2.05, 4.69) is 28.2 Å². The Labute approximate surface area is 190 Å². The standard InChI is InChI=1S/C22H25BrCl2N2O2/c1-3-4-12-26-22(29)15(2)27(14-16-8-10-17(23)11-9-16)21(28)13-18-19(24)6-5-7-20(18)25/h5-11,15H,3-4,12-14H2,1-2H3,(H,26,29)/t15-/m0/s1. The second-order valence-corrected chi connectivity index (χ2v) is 8.58. The quantitative estimate of drug-likeness (QED) is 0.454. The molecule has 0 unspecified atom stereocenters. The predicted molar refractivity (Wildman–Crippen MR) is 122 cm³/mol. The summed E-state index contributed by atoms with van der Waals surface area (Å²) in [6, 6.07) is 12.2. The summed E-state index contributed by atoms with van der Waals surface area (Å²) < 4.78 is 0.951. The van der Waals surface area contributed by atoms with E-state index in [1.54, 1.807) is 30.0 Å². The fourth-order valence-corrected chi connectivity index (χ4v) is 3.65. The zero-order chi connectivity index (χ0) is 21.4. The number of carbonyl (C=O) groups excluding carboxylic acids is 2. The van der Waals surface area contributed by atoms with Gasteiger partial charge in [-0.2, -0.15) is 0 Å². The minimum absolute atomic E-state index is 0.0294. The minimum atomic E-state index is -0.621. The molecule has 0 saturated heterocycles. The number of nitrogens with one attached hydrogen (secondary N) is 1. The third kappa shape index (κ3) is 7.02. The first-order valence-corrected chi connectivity index (χ1v) is 11.1. The molecule has 0 heterocycles. The Morgan fingerprint density at radius 1 is 1.10 bits per heavy atom. The van der Waals surface area contributed by atoms with Crippen molar-refractivity contribution in [1.29, 1.82) is 0 Å². The Balaban J connectivity index is 2.23. The topological polar surface area (TPSA) is 49.4 Å². The fraction of sp³-hybridized carbons (Fsp3) is 0.364. The van der Waals surface area contributed by atoms with Crippen molar-refractivity contribution in [1.82, 2.24) is 10.2 Å². The Morgan fingerprint density at radius 3 is 2.31 bits per heavy atom. The van der Waals surface area contributed by atoms with E-state index in [4.69, 9.17) is 23.2 Å². The molecule has 2 rings (SSSR count). The summed E-state index contributed by atoms with van der Waals surface area (Å²) in [6.07, 6.45) is 1.91. The van der Waals surface area contributed by atoms with Gasteiger partial charge in [-0.25, -0.2) is 0 Å². The van der Waals surface area contributed by atoms with Crippen LogP contribution in [0.25, 0.3) is 0 Å². The molecule has 29 heavy (non-hydrogen) atoms. The van der Waals surface area contributed by atoms with Crippen LogP contribution in [0.5, 0.6) is 0 Å². The van der Waals surface area contributed by atoms with Gasteiger partial charge in [0.25, 0.3) is 0 Å². The lowest BCUT2D eigenvalue weighted by Crippen LogP contribution is -2.48. The van der Waals surface area contributed by atoms with Gasteiger partial charge in [0, 0.05) is 27.6 Å². The molecule has 2 aromatic rings. The largest absolute Gasteiger partial charge is 0.354 e. The summed E-state index contributed by atoms with van der Waals surface area (Å²) in [5.41, 5.74) is 1.50. The van der Waals surface area contributed by atoms with E-state index in [0.717, 1.165) is 22.9 Å². The summed E-state index contributed by atoms with van der Waals surface area (Å²) in [6.45, 7) is 4.71. The second kappa shape index (κ2) is 11.6. The molecule has 1 atom stereocenters. The Bertz CT molecular complexity index is 823. The van der Waals surface area contributed by atoms with Gasteiger partial charge in [-0.15, -0.1) is 0 Å². The van der Waals surface area contributed by atoms with Gasteiger partial charge < -0.3 is 10.2 Å². The summed E-state index contributed by atoms with van der Waals surface area (Å²) in [4.78, 5) is 27.4. The molecule has 0 aliphatic rings. The van der Waals surface area contributed by atoms with E-state index < -0.39 is 6.04 Å². The normalized spacial score (nSPS) is 11.8. The number of benzene rings is 2. The number of hydrogen-bond acceptors (Lipinski definition) is 2. The van der Waals surface area contributed by atoms with Crippen molar-refractivity contribution in [2.24, 2.45) is 0 Å². The van der Waals surface area contributed by atoms with Gasteiger partial charge in [-0.3, -0.25) is 9.59 Å². The van der Waals surface area contributed by atoms with E-state index in [1.165, 1.54) is 0 Å². The number of unbranched alkanes of at least 4 members (excludes halogenated alkanes) is 1. The zero-order valence-electron chi connectivity index (χ0n) is 16.6. The molecule has 4 nitrogen and oxygen atoms in total. The van der Waals surface area contributed by atoms with E-state index in [0.29, 0.717) is 28.7 Å². The molecule has 0 fully saturated rings. The molecule has 1 N–H and O–H groups in total. The van der Waals surface area contributed by atoms with Gasteiger partial charge >= 0.3 is 0 Å². The number of rotatable bonds is 9. The monoisotopic (exact) mass is 498 g/mol. The van der Waals surface area contributed by atoms with Crippen LogP contribution in [0.2, 0.25) is 10.0 Å². The van der Waals surface area contributed by atoms with Gasteiger partial charge in [0.1, 0.15) is 6.04 Å². The van der Waals surface area contributed by atoms with Gasteiger partial charge in [-0.1, -0.05) is 70.7 Å². The third-order valence-corrected chi connectivity index (χ3v) is 5.89. The molecule has 7 heteroatoms. The van der Waals surface area contributed by atoms with E-state index >= 15 is 0 Å². The highest BCUT2D eigenvalue weighted by Gasteiger charge is 2.27. The van der Waals surface area contributed by atoms with Crippen LogP contribution in [0.15, 0.2) is 46.9 Å². The molecular weight excluding hydrogens is 475 g/mol. The summed E-state index contributed by atoms with van der Waals surface area (Å²) >= 11 is 15.9. The van der Waals surface area contributed by atoms with Gasteiger partial charge in [0.15, 0.2) is 0 Å². The van der Waals surface area contributed by atoms with Crippen LogP contribution < -0.4 is 5.32 Å². The average molecular weight is 500 g/mol. The van der Waals surface area contributed by atoms with Crippen LogP contribution in [0.3, 0.4) is 0 Å². The minimum Gasteiger partial charge on any atom is -0.354 e. The van der Waals surface area contributed by atoms with Crippen molar-refractivity contribution in [3.8, 4) is 0 Å². The average Bonchev–Trinajstić information content (AvgIpc) is 2.70. The van der Waals surface area contributed by atoms with Crippen molar-refractivity contribution in [2.75, 3.05) is 6.54 Å². The molecule has 0 radical (unpaired) electrons. The van der Waals surface area contributed by atoms with Crippen molar-refractivity contribution in [2.45, 2.75) is 45.7 Å². The molecule has 0 aliphatic carbocycles. The predicted octanol–water partition coefficient (Wildman–Crippen LogP) is 5.63. The molecule has 2 aromatic carbocycles. The van der Waals surface area contributed by atoms with Crippen molar-refractivity contribution >= 4 is 50.9 Å². The number of carbonyl (C=O) groups is 2. The number of halogens is 3. The number of nitrogens with zero attached hydrogens (tertiary/aromatic N) is 1. The maximum Gasteiger partial charge on any atom is 0.242 e. The van der Waals surface area contributed by atoms with E-state index in [1.807, 2.05) is 24.3 Å². The van der Waals surface area contributed by atoms with Crippen LogP contribution in [0.1, 0.15) is 37.8 Å². The lowest BCUT2D eigenvalue weighted by atomic mass is 10.1. The summed E-state index contributed by atoms with van der Waals surface area (Å²) in [7, 11) is 0. The SMILES string of the molecule is CCCCNC(=O)[C@H](C)N(Cc1ccc(Br)cc1)C(=O)Cc1c(Cl)cccc1Cl. The Morgan fingerprint density at radius 2 is 1.72 bits per heavy atom. The molecule has 0 aromatic heterocycles. The van der Waals surface area contributed by atoms with Crippen molar-refractivity contribution in [3.63, 3.8) is 0 Å². The first kappa shape index (κ1) is 23.7. The number of hydrogen-bond donors (Lipinski definition) is 1. The van der Waals surface area contributed by atoms with Crippen LogP contribution in [-0.4, -0.2) is 29.3 Å². The van der Waals surface area contributed by atoms with Crippen LogP contribution >= 0.6 is 39.1 Å². The maximum atomic E-state index is 13.2. The van der Waals surface area contributed by atoms with Crippen LogP contribution in [0.4, 0.5) is 0 Å². The highest BCUT2D eigenvalue weighted by molar-refractivity contribution is 9.10. The van der Waals surface area contributed by atoms with E-state index in [-0.39, 0.29) is 18.2 Å². The smallest absolute Gasteiger partial charge is 0.242 e. The third-order valence-electron chi connectivity index (χ3n) is 4.65. The molecule has 2 amide bonds.